The van der Waals surface area contributed by atoms with Crippen molar-refractivity contribution in [2.75, 3.05) is 27.7 Å². The fourth-order valence-corrected chi connectivity index (χ4v) is 0.672. The van der Waals surface area contributed by atoms with E-state index in [1.165, 1.54) is 0 Å². The predicted molar refractivity (Wildman–Crippen MR) is 58.4 cm³/mol. The Balaban J connectivity index is 0. The minimum absolute atomic E-state index is 0.0208. The van der Waals surface area contributed by atoms with Gasteiger partial charge in [-0.15, -0.1) is 0 Å². The van der Waals surface area contributed by atoms with Gasteiger partial charge in [-0.3, -0.25) is 4.79 Å². The van der Waals surface area contributed by atoms with Gasteiger partial charge in [-0.2, -0.15) is 0 Å². The second-order valence-corrected chi connectivity index (χ2v) is 4.93. The highest BCUT2D eigenvalue weighted by Crippen LogP contribution is 1.96. The van der Waals surface area contributed by atoms with Crippen LogP contribution < -0.4 is 10.8 Å². The number of quaternary nitrogens is 1. The lowest BCUT2D eigenvalue weighted by Crippen LogP contribution is -2.45. The second kappa shape index (κ2) is 7.19. The maximum atomic E-state index is 10.0. The zero-order valence-corrected chi connectivity index (χ0v) is 10.6. The highest BCUT2D eigenvalue weighted by molar-refractivity contribution is 5.73. The third kappa shape index (κ3) is 12.9. The van der Waals surface area contributed by atoms with Crippen LogP contribution in [0, 0.1) is 5.92 Å². The lowest BCUT2D eigenvalue weighted by molar-refractivity contribution is -0.864. The molecular weight excluding hydrogens is 212 g/mol. The van der Waals surface area contributed by atoms with E-state index in [1.54, 1.807) is 35.0 Å². The van der Waals surface area contributed by atoms with E-state index in [4.69, 9.17) is 10.8 Å². The predicted octanol–water partition coefficient (Wildman–Crippen LogP) is -1.50. The molecule has 0 spiro atoms. The zero-order chi connectivity index (χ0) is 13.5. The molecule has 0 unspecified atom stereocenters. The third-order valence-electron chi connectivity index (χ3n) is 1.61. The molecule has 0 fully saturated rings. The Bertz CT molecular complexity index is 233. The first-order valence-electron chi connectivity index (χ1n) is 4.96. The SMILES string of the molecule is CC(C)[C@H](N)C(=O)O.C[N+](C)(C)CC(=O)[O-]. The molecule has 16 heavy (non-hydrogen) atoms. The van der Waals surface area contributed by atoms with Gasteiger partial charge in [-0.25, -0.2) is 0 Å². The molecule has 0 aromatic rings. The summed E-state index contributed by atoms with van der Waals surface area (Å²) in [5.41, 5.74) is 5.16. The van der Waals surface area contributed by atoms with Crippen molar-refractivity contribution < 1.29 is 24.3 Å². The lowest BCUT2D eigenvalue weighted by Gasteiger charge is -2.23. The van der Waals surface area contributed by atoms with Gasteiger partial charge in [0.05, 0.1) is 27.1 Å². The molecule has 0 aromatic carbocycles. The van der Waals surface area contributed by atoms with Gasteiger partial charge >= 0.3 is 5.97 Å². The molecule has 0 heterocycles. The van der Waals surface area contributed by atoms with E-state index in [1.807, 2.05) is 0 Å². The number of carbonyl (C=O) groups excluding carboxylic acids is 1. The number of rotatable bonds is 4. The van der Waals surface area contributed by atoms with Gasteiger partial charge < -0.3 is 25.2 Å². The van der Waals surface area contributed by atoms with E-state index >= 15 is 0 Å². The number of carboxylic acid groups (broad SMARTS) is 2. The Kier molecular flexibility index (Phi) is 7.75. The molecule has 0 bridgehead atoms. The quantitative estimate of drug-likeness (QED) is 0.576. The Labute approximate surface area is 96.3 Å². The van der Waals surface area contributed by atoms with Crippen molar-refractivity contribution in [3.8, 4) is 0 Å². The second-order valence-electron chi connectivity index (χ2n) is 4.93. The minimum Gasteiger partial charge on any atom is -0.544 e. The number of hydrogen-bond donors (Lipinski definition) is 2. The van der Waals surface area contributed by atoms with Gasteiger partial charge in [-0.05, 0) is 5.92 Å². The van der Waals surface area contributed by atoms with Crippen molar-refractivity contribution in [1.29, 1.82) is 0 Å². The van der Waals surface area contributed by atoms with Crippen molar-refractivity contribution in [3.63, 3.8) is 0 Å². The van der Waals surface area contributed by atoms with Gasteiger partial charge in [0.2, 0.25) is 0 Å². The summed E-state index contributed by atoms with van der Waals surface area (Å²) in [5, 5.41) is 18.1. The molecule has 1 atom stereocenters. The van der Waals surface area contributed by atoms with Crippen molar-refractivity contribution in [3.05, 3.63) is 0 Å². The van der Waals surface area contributed by atoms with Crippen molar-refractivity contribution in [2.45, 2.75) is 19.9 Å². The van der Waals surface area contributed by atoms with Crippen molar-refractivity contribution in [1.82, 2.24) is 0 Å². The van der Waals surface area contributed by atoms with E-state index in [0.29, 0.717) is 4.48 Å². The maximum absolute atomic E-state index is 10.0. The number of hydrogen-bond acceptors (Lipinski definition) is 4. The van der Waals surface area contributed by atoms with Crippen LogP contribution in [0.3, 0.4) is 0 Å². The summed E-state index contributed by atoms with van der Waals surface area (Å²) < 4.78 is 0.419. The summed E-state index contributed by atoms with van der Waals surface area (Å²) in [4.78, 5) is 19.9. The Morgan fingerprint density at radius 2 is 1.69 bits per heavy atom. The minimum atomic E-state index is -1.00. The Hall–Kier alpha value is -1.14. The number of nitrogens with zero attached hydrogens (tertiary/aromatic N) is 1. The van der Waals surface area contributed by atoms with E-state index in [-0.39, 0.29) is 12.5 Å². The van der Waals surface area contributed by atoms with E-state index in [0.717, 1.165) is 0 Å². The fraction of sp³-hybridized carbons (Fsp3) is 0.800. The average molecular weight is 234 g/mol. The summed E-state index contributed by atoms with van der Waals surface area (Å²) in [6.07, 6.45) is 0. The van der Waals surface area contributed by atoms with Gasteiger partial charge in [-0.1, -0.05) is 13.8 Å². The first kappa shape index (κ1) is 17.3. The van der Waals surface area contributed by atoms with Crippen molar-refractivity contribution in [2.24, 2.45) is 11.7 Å². The van der Waals surface area contributed by atoms with Crippen LogP contribution in [0.4, 0.5) is 0 Å². The summed E-state index contributed by atoms with van der Waals surface area (Å²) in [6, 6.07) is -0.713. The molecule has 0 radical (unpaired) electrons. The molecule has 0 aliphatic rings. The molecule has 6 nitrogen and oxygen atoms in total. The van der Waals surface area contributed by atoms with Crippen LogP contribution in [-0.2, 0) is 9.59 Å². The smallest absolute Gasteiger partial charge is 0.320 e. The Morgan fingerprint density at radius 3 is 1.69 bits per heavy atom. The van der Waals surface area contributed by atoms with Crippen LogP contribution in [0.25, 0.3) is 0 Å². The highest BCUT2D eigenvalue weighted by atomic mass is 16.4. The topological polar surface area (TPSA) is 103 Å². The Morgan fingerprint density at radius 1 is 1.31 bits per heavy atom. The molecule has 0 aliphatic heterocycles. The number of aliphatic carboxylic acids is 2. The molecule has 0 amide bonds. The molecule has 0 saturated heterocycles. The molecule has 0 saturated carbocycles. The standard InChI is InChI=1S/2C5H11NO2/c1-6(2,3)4-5(7)8;1-3(2)4(6)5(7)8/h4H2,1-3H3;3-4H,6H2,1-2H3,(H,7,8)/t;4-/m.0/s1. The number of carboxylic acids is 2. The maximum Gasteiger partial charge on any atom is 0.320 e. The number of carbonyl (C=O) groups is 2. The number of nitrogens with two attached hydrogens (primary N) is 1. The molecule has 0 aromatic heterocycles. The summed E-state index contributed by atoms with van der Waals surface area (Å²) in [5.74, 6) is -1.91. The first-order valence-corrected chi connectivity index (χ1v) is 4.96. The van der Waals surface area contributed by atoms with Crippen LogP contribution in [-0.4, -0.2) is 55.3 Å². The average Bonchev–Trinajstić information content (AvgIpc) is 1.98. The zero-order valence-electron chi connectivity index (χ0n) is 10.6. The third-order valence-corrected chi connectivity index (χ3v) is 1.61. The van der Waals surface area contributed by atoms with E-state index < -0.39 is 18.0 Å². The normalized spacial score (nSPS) is 12.7. The summed E-state index contributed by atoms with van der Waals surface area (Å²) >= 11 is 0. The monoisotopic (exact) mass is 234 g/mol. The number of likely N-dealkylation sites (N-methyl/N-ethyl adjacent to an activating group) is 1. The summed E-state index contributed by atoms with van der Waals surface area (Å²) in [6.45, 7) is 3.62. The molecule has 3 N–H and O–H groups in total. The van der Waals surface area contributed by atoms with Gasteiger partial charge in [0.25, 0.3) is 0 Å². The van der Waals surface area contributed by atoms with E-state index in [9.17, 15) is 14.7 Å². The fourth-order valence-electron chi connectivity index (χ4n) is 0.672. The van der Waals surface area contributed by atoms with Gasteiger partial charge in [0.1, 0.15) is 12.6 Å². The molecule has 0 aliphatic carbocycles. The van der Waals surface area contributed by atoms with Crippen LogP contribution >= 0.6 is 0 Å². The summed E-state index contributed by atoms with van der Waals surface area (Å²) in [7, 11) is 5.40. The van der Waals surface area contributed by atoms with Crippen LogP contribution in [0.1, 0.15) is 13.8 Å². The lowest BCUT2D eigenvalue weighted by atomic mass is 10.1. The molecule has 0 rings (SSSR count). The molecular formula is C10H22N2O4. The van der Waals surface area contributed by atoms with Gasteiger partial charge in [0, 0.05) is 0 Å². The molecule has 6 heteroatoms. The van der Waals surface area contributed by atoms with E-state index in [2.05, 4.69) is 0 Å². The molecule has 96 valence electrons. The van der Waals surface area contributed by atoms with Crippen LogP contribution in [0.15, 0.2) is 0 Å². The van der Waals surface area contributed by atoms with Crippen LogP contribution in [0.2, 0.25) is 0 Å². The van der Waals surface area contributed by atoms with Crippen molar-refractivity contribution >= 4 is 11.9 Å². The first-order chi connectivity index (χ1) is 6.97. The highest BCUT2D eigenvalue weighted by Gasteiger charge is 2.14. The largest absolute Gasteiger partial charge is 0.544 e. The van der Waals surface area contributed by atoms with Gasteiger partial charge in [0.15, 0.2) is 0 Å². The van der Waals surface area contributed by atoms with Crippen LogP contribution in [0.5, 0.6) is 0 Å².